The monoisotopic (exact) mass is 301 g/mol. The van der Waals surface area contributed by atoms with Gasteiger partial charge in [-0.3, -0.25) is 4.79 Å². The van der Waals surface area contributed by atoms with Crippen molar-refractivity contribution < 1.29 is 9.53 Å². The molecule has 2 rings (SSSR count). The van der Waals surface area contributed by atoms with Crippen LogP contribution in [0.25, 0.3) is 0 Å². The Balaban J connectivity index is 1.82. The Labute approximate surface area is 133 Å². The van der Waals surface area contributed by atoms with Crippen LogP contribution in [0.15, 0.2) is 35.9 Å². The number of hydrogen-bond donors (Lipinski definition) is 1. The highest BCUT2D eigenvalue weighted by Crippen LogP contribution is 2.59. The summed E-state index contributed by atoms with van der Waals surface area (Å²) in [6.45, 7) is 9.20. The van der Waals surface area contributed by atoms with Gasteiger partial charge in [-0.25, -0.2) is 0 Å². The third kappa shape index (κ3) is 3.70. The molecule has 0 aliphatic heterocycles. The van der Waals surface area contributed by atoms with Gasteiger partial charge < -0.3 is 10.1 Å². The number of nitrogens with one attached hydrogen (secondary N) is 1. The largest absolute Gasteiger partial charge is 0.497 e. The lowest BCUT2D eigenvalue weighted by atomic mass is 10.1. The Bertz CT molecular complexity index is 553. The first-order chi connectivity index (χ1) is 10.4. The average molecular weight is 301 g/mol. The number of rotatable bonds is 6. The molecule has 1 fully saturated rings. The first kappa shape index (κ1) is 16.6. The van der Waals surface area contributed by atoms with Gasteiger partial charge in [-0.15, -0.1) is 0 Å². The molecule has 0 radical (unpaired) electrons. The van der Waals surface area contributed by atoms with Gasteiger partial charge in [0.15, 0.2) is 0 Å². The van der Waals surface area contributed by atoms with E-state index in [0.717, 1.165) is 12.2 Å². The topological polar surface area (TPSA) is 38.3 Å². The van der Waals surface area contributed by atoms with Gasteiger partial charge in [-0.1, -0.05) is 37.6 Å². The van der Waals surface area contributed by atoms with Crippen LogP contribution in [0.2, 0.25) is 0 Å². The third-order valence-corrected chi connectivity index (χ3v) is 4.58. The highest BCUT2D eigenvalue weighted by atomic mass is 16.5. The molecule has 1 aliphatic rings. The molecule has 0 spiro atoms. The minimum Gasteiger partial charge on any atom is -0.497 e. The Morgan fingerprint density at radius 1 is 1.27 bits per heavy atom. The molecule has 2 unspecified atom stereocenters. The Morgan fingerprint density at radius 3 is 2.45 bits per heavy atom. The highest BCUT2D eigenvalue weighted by molar-refractivity contribution is 5.83. The molecule has 2 atom stereocenters. The van der Waals surface area contributed by atoms with Crippen molar-refractivity contribution in [1.29, 1.82) is 0 Å². The van der Waals surface area contributed by atoms with Gasteiger partial charge in [0.1, 0.15) is 5.75 Å². The number of allylic oxidation sites excluding steroid dienone is 2. The van der Waals surface area contributed by atoms with Crippen molar-refractivity contribution in [3.8, 4) is 5.75 Å². The summed E-state index contributed by atoms with van der Waals surface area (Å²) in [4.78, 5) is 12.3. The first-order valence-corrected chi connectivity index (χ1v) is 7.92. The zero-order chi connectivity index (χ0) is 16.3. The molecular weight excluding hydrogens is 274 g/mol. The number of hydrogen-bond acceptors (Lipinski definition) is 2. The van der Waals surface area contributed by atoms with Crippen molar-refractivity contribution in [3.05, 3.63) is 41.5 Å². The maximum atomic E-state index is 12.3. The smallest absolute Gasteiger partial charge is 0.224 e. The molecule has 3 heteroatoms. The van der Waals surface area contributed by atoms with Crippen molar-refractivity contribution in [2.24, 2.45) is 17.3 Å². The summed E-state index contributed by atoms with van der Waals surface area (Å²) >= 11 is 0. The highest BCUT2D eigenvalue weighted by Gasteiger charge is 2.60. The maximum Gasteiger partial charge on any atom is 0.224 e. The fourth-order valence-electron chi connectivity index (χ4n) is 3.08. The molecular formula is C19H27NO2. The number of ether oxygens (including phenoxy) is 1. The molecule has 1 saturated carbocycles. The molecule has 1 amide bonds. The van der Waals surface area contributed by atoms with Crippen LogP contribution in [0.5, 0.6) is 5.75 Å². The number of methoxy groups -OCH3 is 1. The summed E-state index contributed by atoms with van der Waals surface area (Å²) < 4.78 is 5.14. The van der Waals surface area contributed by atoms with E-state index in [0.29, 0.717) is 12.5 Å². The van der Waals surface area contributed by atoms with Crippen molar-refractivity contribution in [1.82, 2.24) is 5.32 Å². The predicted octanol–water partition coefficient (Wildman–Crippen LogP) is 3.59. The van der Waals surface area contributed by atoms with Crippen LogP contribution >= 0.6 is 0 Å². The number of amides is 1. The van der Waals surface area contributed by atoms with E-state index >= 15 is 0 Å². The van der Waals surface area contributed by atoms with E-state index in [1.807, 2.05) is 24.3 Å². The Morgan fingerprint density at radius 2 is 1.91 bits per heavy atom. The van der Waals surface area contributed by atoms with Gasteiger partial charge in [0.2, 0.25) is 5.91 Å². The average Bonchev–Trinajstić information content (AvgIpc) is 2.99. The van der Waals surface area contributed by atoms with Crippen LogP contribution in [0.1, 0.15) is 33.3 Å². The quantitative estimate of drug-likeness (QED) is 0.815. The lowest BCUT2D eigenvalue weighted by Crippen LogP contribution is -2.28. The van der Waals surface area contributed by atoms with E-state index in [2.05, 4.69) is 39.1 Å². The van der Waals surface area contributed by atoms with E-state index in [1.165, 1.54) is 11.1 Å². The summed E-state index contributed by atoms with van der Waals surface area (Å²) in [5, 5.41) is 3.08. The maximum absolute atomic E-state index is 12.3. The summed E-state index contributed by atoms with van der Waals surface area (Å²) in [7, 11) is 1.66. The molecule has 1 aliphatic carbocycles. The van der Waals surface area contributed by atoms with Gasteiger partial charge in [0, 0.05) is 6.54 Å². The number of carbonyl (C=O) groups excluding carboxylic acids is 1. The molecule has 120 valence electrons. The molecule has 0 bridgehead atoms. The second-order valence-electron chi connectivity index (χ2n) is 6.96. The van der Waals surface area contributed by atoms with Crippen LogP contribution in [0.3, 0.4) is 0 Å². The molecule has 0 heterocycles. The molecule has 1 N–H and O–H groups in total. The fourth-order valence-corrected chi connectivity index (χ4v) is 3.08. The van der Waals surface area contributed by atoms with Crippen LogP contribution in [-0.4, -0.2) is 19.6 Å². The molecule has 1 aromatic carbocycles. The lowest BCUT2D eigenvalue weighted by Gasteiger charge is -2.07. The molecule has 0 saturated heterocycles. The Kier molecular flexibility index (Phi) is 4.94. The molecule has 1 aromatic rings. The standard InChI is InChI=1S/C19H27NO2/c1-13(2)12-16-17(19(16,3)4)18(21)20-11-10-14-6-8-15(22-5)9-7-14/h6-9,12,16-17H,10-11H2,1-5H3,(H,20,21). The predicted molar refractivity (Wildman–Crippen MR) is 89.9 cm³/mol. The van der Waals surface area contributed by atoms with E-state index in [1.54, 1.807) is 7.11 Å². The summed E-state index contributed by atoms with van der Waals surface area (Å²) in [6.07, 6.45) is 3.07. The normalized spacial score (nSPS) is 21.9. The van der Waals surface area contributed by atoms with Gasteiger partial charge in [0.05, 0.1) is 13.0 Å². The zero-order valence-corrected chi connectivity index (χ0v) is 14.3. The minimum atomic E-state index is 0.0848. The van der Waals surface area contributed by atoms with Crippen LogP contribution in [-0.2, 0) is 11.2 Å². The summed E-state index contributed by atoms with van der Waals surface area (Å²) in [5.41, 5.74) is 2.57. The fraction of sp³-hybridized carbons (Fsp3) is 0.526. The third-order valence-electron chi connectivity index (χ3n) is 4.58. The van der Waals surface area contributed by atoms with Crippen molar-refractivity contribution in [3.63, 3.8) is 0 Å². The zero-order valence-electron chi connectivity index (χ0n) is 14.3. The van der Waals surface area contributed by atoms with Crippen LogP contribution in [0, 0.1) is 17.3 Å². The molecule has 22 heavy (non-hydrogen) atoms. The van der Waals surface area contributed by atoms with Gasteiger partial charge >= 0.3 is 0 Å². The van der Waals surface area contributed by atoms with Crippen molar-refractivity contribution in [2.45, 2.75) is 34.1 Å². The SMILES string of the molecule is COc1ccc(CCNC(=O)C2C(C=C(C)C)C2(C)C)cc1. The van der Waals surface area contributed by atoms with Gasteiger partial charge in [-0.2, -0.15) is 0 Å². The molecule has 0 aromatic heterocycles. The van der Waals surface area contributed by atoms with Crippen molar-refractivity contribution >= 4 is 5.91 Å². The Hall–Kier alpha value is -1.77. The van der Waals surface area contributed by atoms with Gasteiger partial charge in [-0.05, 0) is 49.3 Å². The molecule has 3 nitrogen and oxygen atoms in total. The number of benzene rings is 1. The lowest BCUT2D eigenvalue weighted by molar-refractivity contribution is -0.123. The van der Waals surface area contributed by atoms with E-state index < -0.39 is 0 Å². The van der Waals surface area contributed by atoms with E-state index in [-0.39, 0.29) is 17.2 Å². The van der Waals surface area contributed by atoms with Crippen LogP contribution in [0.4, 0.5) is 0 Å². The first-order valence-electron chi connectivity index (χ1n) is 7.92. The second kappa shape index (κ2) is 6.55. The van der Waals surface area contributed by atoms with E-state index in [9.17, 15) is 4.79 Å². The van der Waals surface area contributed by atoms with Crippen LogP contribution < -0.4 is 10.1 Å². The van der Waals surface area contributed by atoms with E-state index in [4.69, 9.17) is 4.74 Å². The van der Waals surface area contributed by atoms with Gasteiger partial charge in [0.25, 0.3) is 0 Å². The summed E-state index contributed by atoms with van der Waals surface area (Å²) in [6, 6.07) is 7.98. The van der Waals surface area contributed by atoms with Crippen molar-refractivity contribution in [2.75, 3.05) is 13.7 Å². The minimum absolute atomic E-state index is 0.0848. The second-order valence-corrected chi connectivity index (χ2v) is 6.96. The summed E-state index contributed by atoms with van der Waals surface area (Å²) in [5.74, 6) is 1.52. The number of carbonyl (C=O) groups is 1.